The van der Waals surface area contributed by atoms with E-state index in [4.69, 9.17) is 4.74 Å². The number of hydrogen-bond donors (Lipinski definition) is 0. The lowest BCUT2D eigenvalue weighted by atomic mass is 9.71. The first-order chi connectivity index (χ1) is 10.5. The van der Waals surface area contributed by atoms with Crippen LogP contribution >= 0.6 is 0 Å². The number of benzene rings is 1. The maximum atomic E-state index is 14.2. The van der Waals surface area contributed by atoms with E-state index in [9.17, 15) is 13.6 Å². The van der Waals surface area contributed by atoms with Crippen LogP contribution in [0.2, 0.25) is 0 Å². The van der Waals surface area contributed by atoms with Crippen molar-refractivity contribution < 1.29 is 18.3 Å². The number of nitrogens with zero attached hydrogens (tertiary/aromatic N) is 1. The van der Waals surface area contributed by atoms with E-state index in [1.54, 1.807) is 6.92 Å². The molecule has 3 fully saturated rings. The summed E-state index contributed by atoms with van der Waals surface area (Å²) in [6.07, 6.45) is 0.968. The second kappa shape index (κ2) is 5.95. The first-order valence-electron chi connectivity index (χ1n) is 7.87. The molecule has 2 heterocycles. The molecule has 0 spiro atoms. The van der Waals surface area contributed by atoms with Crippen LogP contribution < -0.4 is 0 Å². The van der Waals surface area contributed by atoms with E-state index in [1.807, 2.05) is 35.2 Å². The molecule has 2 aliphatic heterocycles. The van der Waals surface area contributed by atoms with Crippen LogP contribution in [0.5, 0.6) is 0 Å². The van der Waals surface area contributed by atoms with Crippen molar-refractivity contribution >= 4 is 5.97 Å². The van der Waals surface area contributed by atoms with Crippen molar-refractivity contribution in [2.45, 2.75) is 50.7 Å². The third-order valence-corrected chi connectivity index (χ3v) is 4.80. The Kier molecular flexibility index (Phi) is 4.17. The van der Waals surface area contributed by atoms with Crippen molar-refractivity contribution in [3.05, 3.63) is 35.9 Å². The highest BCUT2D eigenvalue weighted by molar-refractivity contribution is 5.77. The average Bonchev–Trinajstić information content (AvgIpc) is 2.49. The van der Waals surface area contributed by atoms with Crippen molar-refractivity contribution in [1.29, 1.82) is 0 Å². The van der Waals surface area contributed by atoms with Crippen LogP contribution in [0.15, 0.2) is 30.3 Å². The van der Waals surface area contributed by atoms with Gasteiger partial charge in [0.2, 0.25) is 0 Å². The lowest BCUT2D eigenvalue weighted by Gasteiger charge is -2.53. The van der Waals surface area contributed by atoms with Crippen LogP contribution in [0, 0.1) is 5.92 Å². The van der Waals surface area contributed by atoms with E-state index in [0.29, 0.717) is 13.0 Å². The predicted octanol–water partition coefficient (Wildman–Crippen LogP) is 3.24. The van der Waals surface area contributed by atoms with E-state index in [-0.39, 0.29) is 19.1 Å². The molecule has 1 aliphatic carbocycles. The topological polar surface area (TPSA) is 29.5 Å². The molecule has 0 amide bonds. The van der Waals surface area contributed by atoms with Gasteiger partial charge in [0.1, 0.15) is 6.04 Å². The molecule has 22 heavy (non-hydrogen) atoms. The van der Waals surface area contributed by atoms with E-state index in [2.05, 4.69) is 0 Å². The SMILES string of the molecule is CCOC(=O)[C@@H]1[C@@H]2CC[C@H](CC2(F)F)N1Cc1ccccc1. The van der Waals surface area contributed by atoms with Gasteiger partial charge in [-0.25, -0.2) is 8.78 Å². The van der Waals surface area contributed by atoms with Gasteiger partial charge in [-0.15, -0.1) is 0 Å². The third kappa shape index (κ3) is 2.74. The van der Waals surface area contributed by atoms with Gasteiger partial charge in [0.15, 0.2) is 0 Å². The smallest absolute Gasteiger partial charge is 0.323 e. The number of fused-ring (bicyclic) bond motifs is 3. The van der Waals surface area contributed by atoms with Gasteiger partial charge in [0.25, 0.3) is 5.92 Å². The number of carbonyl (C=O) groups is 1. The second-order valence-electron chi connectivity index (χ2n) is 6.16. The Balaban J connectivity index is 1.87. The number of piperidine rings is 2. The van der Waals surface area contributed by atoms with E-state index in [1.165, 1.54) is 0 Å². The molecule has 3 nitrogen and oxygen atoms in total. The van der Waals surface area contributed by atoms with Crippen molar-refractivity contribution in [3.63, 3.8) is 0 Å². The standard InChI is InChI=1S/C17H21F2NO2/c1-2-22-16(21)15-14-9-8-13(10-17(14,18)19)20(15)11-12-6-4-3-5-7-12/h3-7,13-15H,2,8-11H2,1H3/t13-,14+,15+/m1/s1. The van der Waals surface area contributed by atoms with Crippen molar-refractivity contribution in [2.24, 2.45) is 5.92 Å². The molecule has 3 aliphatic rings. The summed E-state index contributed by atoms with van der Waals surface area (Å²) in [5.41, 5.74) is 1.03. The van der Waals surface area contributed by atoms with E-state index >= 15 is 0 Å². The largest absolute Gasteiger partial charge is 0.465 e. The molecular formula is C17H21F2NO2. The van der Waals surface area contributed by atoms with Crippen molar-refractivity contribution in [1.82, 2.24) is 4.90 Å². The van der Waals surface area contributed by atoms with Crippen LogP contribution in [0.1, 0.15) is 31.7 Å². The van der Waals surface area contributed by atoms with Crippen molar-refractivity contribution in [3.8, 4) is 0 Å². The molecule has 0 unspecified atom stereocenters. The Hall–Kier alpha value is -1.49. The molecule has 0 aromatic heterocycles. The minimum absolute atomic E-state index is 0.152. The Morgan fingerprint density at radius 2 is 2.05 bits per heavy atom. The Labute approximate surface area is 129 Å². The number of alkyl halides is 2. The number of ether oxygens (including phenoxy) is 1. The summed E-state index contributed by atoms with van der Waals surface area (Å²) in [5, 5.41) is 0. The number of carbonyl (C=O) groups excluding carboxylic acids is 1. The number of rotatable bonds is 4. The number of hydrogen-bond acceptors (Lipinski definition) is 3. The van der Waals surface area contributed by atoms with Gasteiger partial charge in [0.05, 0.1) is 6.61 Å². The maximum absolute atomic E-state index is 14.2. The van der Waals surface area contributed by atoms with Gasteiger partial charge < -0.3 is 4.74 Å². The van der Waals surface area contributed by atoms with Crippen LogP contribution in [0.3, 0.4) is 0 Å². The average molecular weight is 309 g/mol. The highest BCUT2D eigenvalue weighted by Crippen LogP contribution is 2.49. The number of esters is 1. The van der Waals surface area contributed by atoms with Crippen molar-refractivity contribution in [2.75, 3.05) is 6.61 Å². The van der Waals surface area contributed by atoms with Gasteiger partial charge in [-0.05, 0) is 25.3 Å². The molecule has 5 heteroatoms. The summed E-state index contributed by atoms with van der Waals surface area (Å²) in [5.74, 6) is -4.21. The zero-order valence-corrected chi connectivity index (χ0v) is 12.7. The Morgan fingerprint density at radius 3 is 2.68 bits per heavy atom. The molecular weight excluding hydrogens is 288 g/mol. The lowest BCUT2D eigenvalue weighted by Crippen LogP contribution is -2.65. The molecule has 0 radical (unpaired) electrons. The molecule has 1 aromatic carbocycles. The number of halogens is 2. The zero-order chi connectivity index (χ0) is 15.7. The lowest BCUT2D eigenvalue weighted by molar-refractivity contribution is -0.202. The van der Waals surface area contributed by atoms with Crippen LogP contribution in [-0.4, -0.2) is 35.5 Å². The molecule has 3 atom stereocenters. The van der Waals surface area contributed by atoms with Gasteiger partial charge in [0, 0.05) is 24.9 Å². The van der Waals surface area contributed by atoms with E-state index < -0.39 is 23.9 Å². The first-order valence-corrected chi connectivity index (χ1v) is 7.87. The molecule has 2 saturated heterocycles. The van der Waals surface area contributed by atoms with Gasteiger partial charge in [-0.3, -0.25) is 9.69 Å². The predicted molar refractivity (Wildman–Crippen MR) is 78.5 cm³/mol. The minimum Gasteiger partial charge on any atom is -0.465 e. The fourth-order valence-electron chi connectivity index (χ4n) is 3.83. The Bertz CT molecular complexity index is 535. The maximum Gasteiger partial charge on any atom is 0.323 e. The Morgan fingerprint density at radius 1 is 1.32 bits per heavy atom. The third-order valence-electron chi connectivity index (χ3n) is 4.80. The summed E-state index contributed by atoms with van der Waals surface area (Å²) in [6, 6.07) is 8.60. The molecule has 2 bridgehead atoms. The minimum atomic E-state index is -2.77. The van der Waals surface area contributed by atoms with Gasteiger partial charge in [-0.2, -0.15) is 0 Å². The zero-order valence-electron chi connectivity index (χ0n) is 12.7. The monoisotopic (exact) mass is 309 g/mol. The fraction of sp³-hybridized carbons (Fsp3) is 0.588. The normalized spacial score (nSPS) is 30.2. The molecule has 4 rings (SSSR count). The van der Waals surface area contributed by atoms with E-state index in [0.717, 1.165) is 12.0 Å². The molecule has 1 saturated carbocycles. The fourth-order valence-corrected chi connectivity index (χ4v) is 3.83. The van der Waals surface area contributed by atoms with Crippen LogP contribution in [0.4, 0.5) is 8.78 Å². The summed E-state index contributed by atoms with van der Waals surface area (Å²) in [4.78, 5) is 14.2. The molecule has 1 aromatic rings. The highest BCUT2D eigenvalue weighted by atomic mass is 19.3. The summed E-state index contributed by atoms with van der Waals surface area (Å²) in [6.45, 7) is 2.44. The van der Waals surface area contributed by atoms with Gasteiger partial charge in [-0.1, -0.05) is 30.3 Å². The van der Waals surface area contributed by atoms with Crippen LogP contribution in [0.25, 0.3) is 0 Å². The summed E-state index contributed by atoms with van der Waals surface area (Å²) >= 11 is 0. The first kappa shape index (κ1) is 15.4. The summed E-state index contributed by atoms with van der Waals surface area (Å²) in [7, 11) is 0. The summed E-state index contributed by atoms with van der Waals surface area (Å²) < 4.78 is 33.5. The highest BCUT2D eigenvalue weighted by Gasteiger charge is 2.59. The van der Waals surface area contributed by atoms with Crippen LogP contribution in [-0.2, 0) is 16.1 Å². The van der Waals surface area contributed by atoms with Gasteiger partial charge >= 0.3 is 5.97 Å². The quantitative estimate of drug-likeness (QED) is 0.800. The second-order valence-corrected chi connectivity index (χ2v) is 6.16. The molecule has 120 valence electrons. The molecule has 0 N–H and O–H groups in total.